The highest BCUT2D eigenvalue weighted by Crippen LogP contribution is 2.07. The second-order valence-electron chi connectivity index (χ2n) is 5.29. The summed E-state index contributed by atoms with van der Waals surface area (Å²) in [6, 6.07) is 8.87. The van der Waals surface area contributed by atoms with Crippen LogP contribution in [-0.2, 0) is 20.7 Å². The van der Waals surface area contributed by atoms with E-state index < -0.39 is 24.0 Å². The van der Waals surface area contributed by atoms with E-state index in [0.29, 0.717) is 12.8 Å². The molecule has 0 heterocycles. The lowest BCUT2D eigenvalue weighted by atomic mass is 10.0. The number of aliphatic hydroxyl groups is 1. The molecule has 0 aliphatic rings. The Morgan fingerprint density at radius 1 is 1.24 bits per heavy atom. The second kappa shape index (κ2) is 8.42. The van der Waals surface area contributed by atoms with E-state index in [1.807, 2.05) is 30.3 Å². The van der Waals surface area contributed by atoms with Crippen molar-refractivity contribution in [3.8, 4) is 0 Å². The number of ether oxygens (including phenoxy) is 1. The van der Waals surface area contributed by atoms with Gasteiger partial charge in [-0.15, -0.1) is 0 Å². The number of rotatable bonds is 7. The maximum atomic E-state index is 11.9. The largest absolute Gasteiger partial charge is 0.467 e. The average molecular weight is 293 g/mol. The average Bonchev–Trinajstić information content (AvgIpc) is 2.49. The highest BCUT2D eigenvalue weighted by atomic mass is 16.5. The minimum absolute atomic E-state index is 0.109. The first-order chi connectivity index (χ1) is 9.95. The van der Waals surface area contributed by atoms with Crippen molar-refractivity contribution in [2.45, 2.75) is 38.8 Å². The van der Waals surface area contributed by atoms with Gasteiger partial charge in [-0.25, -0.2) is 4.79 Å². The summed E-state index contributed by atoms with van der Waals surface area (Å²) in [4.78, 5) is 23.5. The van der Waals surface area contributed by atoms with E-state index >= 15 is 0 Å². The van der Waals surface area contributed by atoms with Crippen LogP contribution in [0.1, 0.15) is 25.8 Å². The number of amides is 1. The molecule has 0 aliphatic carbocycles. The molecule has 2 N–H and O–H groups in total. The molecule has 2 atom stereocenters. The summed E-state index contributed by atoms with van der Waals surface area (Å²) >= 11 is 0. The van der Waals surface area contributed by atoms with Crippen LogP contribution in [0.2, 0.25) is 0 Å². The van der Waals surface area contributed by atoms with E-state index in [-0.39, 0.29) is 5.92 Å². The van der Waals surface area contributed by atoms with Crippen LogP contribution in [0.15, 0.2) is 30.3 Å². The molecule has 5 heteroatoms. The van der Waals surface area contributed by atoms with Crippen molar-refractivity contribution in [3.63, 3.8) is 0 Å². The summed E-state index contributed by atoms with van der Waals surface area (Å²) in [6.07, 6.45) is -0.238. The quantitative estimate of drug-likeness (QED) is 0.743. The van der Waals surface area contributed by atoms with Gasteiger partial charge in [0.15, 0.2) is 0 Å². The Labute approximate surface area is 125 Å². The molecular formula is C16H23NO4. The number of nitrogens with one attached hydrogen (secondary N) is 1. The van der Waals surface area contributed by atoms with Crippen LogP contribution in [0.5, 0.6) is 0 Å². The van der Waals surface area contributed by atoms with Crippen molar-refractivity contribution in [1.29, 1.82) is 0 Å². The molecule has 1 rings (SSSR count). The van der Waals surface area contributed by atoms with Crippen molar-refractivity contribution in [2.75, 3.05) is 7.11 Å². The minimum atomic E-state index is -1.14. The number of benzene rings is 1. The Balaban J connectivity index is 2.51. The first-order valence-electron chi connectivity index (χ1n) is 7.06. The van der Waals surface area contributed by atoms with Crippen LogP contribution in [0, 0.1) is 5.92 Å². The van der Waals surface area contributed by atoms with Gasteiger partial charge in [-0.1, -0.05) is 44.2 Å². The van der Waals surface area contributed by atoms with Gasteiger partial charge in [0, 0.05) is 0 Å². The number of methoxy groups -OCH3 is 1. The molecule has 5 nitrogen and oxygen atoms in total. The Hall–Kier alpha value is -1.88. The van der Waals surface area contributed by atoms with Gasteiger partial charge in [0.1, 0.15) is 12.1 Å². The molecule has 1 amide bonds. The van der Waals surface area contributed by atoms with Crippen molar-refractivity contribution in [3.05, 3.63) is 35.9 Å². The Bertz CT molecular complexity index is 459. The zero-order valence-electron chi connectivity index (χ0n) is 12.7. The molecule has 0 radical (unpaired) electrons. The summed E-state index contributed by atoms with van der Waals surface area (Å²) < 4.78 is 4.65. The lowest BCUT2D eigenvalue weighted by molar-refractivity contribution is -0.147. The zero-order valence-corrected chi connectivity index (χ0v) is 12.7. The van der Waals surface area contributed by atoms with E-state index in [9.17, 15) is 14.7 Å². The van der Waals surface area contributed by atoms with Gasteiger partial charge in [0.25, 0.3) is 0 Å². The minimum Gasteiger partial charge on any atom is -0.467 e. The van der Waals surface area contributed by atoms with Crippen molar-refractivity contribution >= 4 is 11.9 Å². The fourth-order valence-electron chi connectivity index (χ4n) is 1.95. The first-order valence-corrected chi connectivity index (χ1v) is 7.06. The second-order valence-corrected chi connectivity index (χ2v) is 5.29. The Kier molecular flexibility index (Phi) is 6.88. The van der Waals surface area contributed by atoms with Crippen LogP contribution < -0.4 is 5.32 Å². The summed E-state index contributed by atoms with van der Waals surface area (Å²) in [5.74, 6) is -1.16. The molecule has 0 aliphatic heterocycles. The third kappa shape index (κ3) is 5.55. The predicted octanol–water partition coefficient (Wildman–Crippen LogP) is 1.29. The Morgan fingerprint density at radius 3 is 2.38 bits per heavy atom. The molecule has 0 fully saturated rings. The van der Waals surface area contributed by atoms with Gasteiger partial charge >= 0.3 is 5.97 Å². The molecule has 1 unspecified atom stereocenters. The number of hydrogen-bond acceptors (Lipinski definition) is 4. The van der Waals surface area contributed by atoms with Crippen LogP contribution in [0.25, 0.3) is 0 Å². The van der Waals surface area contributed by atoms with Crippen LogP contribution >= 0.6 is 0 Å². The highest BCUT2D eigenvalue weighted by Gasteiger charge is 2.27. The third-order valence-electron chi connectivity index (χ3n) is 3.27. The SMILES string of the molecule is COC(=O)[C@H](NC(=O)C(O)CCc1ccccc1)C(C)C. The summed E-state index contributed by atoms with van der Waals surface area (Å²) in [6.45, 7) is 3.61. The topological polar surface area (TPSA) is 75.6 Å². The number of carbonyl (C=O) groups excluding carboxylic acids is 2. The lowest BCUT2D eigenvalue weighted by Crippen LogP contribution is -2.48. The van der Waals surface area contributed by atoms with Crippen LogP contribution in [-0.4, -0.2) is 36.2 Å². The number of aryl methyl sites for hydroxylation is 1. The molecule has 0 bridgehead atoms. The van der Waals surface area contributed by atoms with Crippen molar-refractivity contribution in [1.82, 2.24) is 5.32 Å². The normalized spacial score (nSPS) is 13.6. The van der Waals surface area contributed by atoms with Crippen molar-refractivity contribution < 1.29 is 19.4 Å². The molecule has 0 aromatic heterocycles. The van der Waals surface area contributed by atoms with E-state index in [1.165, 1.54) is 7.11 Å². The molecule has 1 aromatic carbocycles. The maximum absolute atomic E-state index is 11.9. The smallest absolute Gasteiger partial charge is 0.328 e. The summed E-state index contributed by atoms with van der Waals surface area (Å²) in [7, 11) is 1.27. The van der Waals surface area contributed by atoms with Crippen LogP contribution in [0.3, 0.4) is 0 Å². The predicted molar refractivity (Wildman–Crippen MR) is 79.6 cm³/mol. The molecule has 21 heavy (non-hydrogen) atoms. The molecule has 1 aromatic rings. The molecule has 116 valence electrons. The number of carbonyl (C=O) groups is 2. The van der Waals surface area contributed by atoms with E-state index in [1.54, 1.807) is 13.8 Å². The lowest BCUT2D eigenvalue weighted by Gasteiger charge is -2.21. The summed E-state index contributed by atoms with van der Waals surface area (Å²) in [5.41, 5.74) is 1.05. The third-order valence-corrected chi connectivity index (χ3v) is 3.27. The first kappa shape index (κ1) is 17.2. The van der Waals surface area contributed by atoms with E-state index in [4.69, 9.17) is 0 Å². The molecule has 0 saturated heterocycles. The number of esters is 1. The fraction of sp³-hybridized carbons (Fsp3) is 0.500. The highest BCUT2D eigenvalue weighted by molar-refractivity contribution is 5.86. The zero-order chi connectivity index (χ0) is 15.8. The number of aliphatic hydroxyl groups excluding tert-OH is 1. The summed E-state index contributed by atoms with van der Waals surface area (Å²) in [5, 5.41) is 12.4. The number of hydrogen-bond donors (Lipinski definition) is 2. The van der Waals surface area contributed by atoms with Gasteiger partial charge < -0.3 is 15.2 Å². The van der Waals surface area contributed by atoms with E-state index in [0.717, 1.165) is 5.56 Å². The molecule has 0 saturated carbocycles. The monoisotopic (exact) mass is 293 g/mol. The maximum Gasteiger partial charge on any atom is 0.328 e. The Morgan fingerprint density at radius 2 is 1.86 bits per heavy atom. The molecular weight excluding hydrogens is 270 g/mol. The molecule has 0 spiro atoms. The van der Waals surface area contributed by atoms with Crippen LogP contribution in [0.4, 0.5) is 0 Å². The van der Waals surface area contributed by atoms with Gasteiger partial charge in [0.05, 0.1) is 7.11 Å². The van der Waals surface area contributed by atoms with Gasteiger partial charge in [-0.3, -0.25) is 4.79 Å². The van der Waals surface area contributed by atoms with Gasteiger partial charge in [-0.05, 0) is 24.3 Å². The fourth-order valence-corrected chi connectivity index (χ4v) is 1.95. The van der Waals surface area contributed by atoms with Gasteiger partial charge in [-0.2, -0.15) is 0 Å². The van der Waals surface area contributed by atoms with Gasteiger partial charge in [0.2, 0.25) is 5.91 Å². The van der Waals surface area contributed by atoms with Crippen molar-refractivity contribution in [2.24, 2.45) is 5.92 Å². The standard InChI is InChI=1S/C16H23NO4/c1-11(2)14(16(20)21-3)17-15(19)13(18)10-9-12-7-5-4-6-8-12/h4-8,11,13-14,18H,9-10H2,1-3H3,(H,17,19)/t13?,14-/m1/s1. The van der Waals surface area contributed by atoms with E-state index in [2.05, 4.69) is 10.1 Å².